The number of nitrogens with one attached hydrogen (secondary N) is 1. The first-order valence-corrected chi connectivity index (χ1v) is 23.4. The van der Waals surface area contributed by atoms with Gasteiger partial charge >= 0.3 is 5.97 Å². The molecule has 0 aromatic rings. The van der Waals surface area contributed by atoms with Crippen LogP contribution in [0.5, 0.6) is 0 Å². The molecule has 0 heterocycles. The maximum absolute atomic E-state index is 13.1. The smallest absolute Gasteiger partial charge is 0.306 e. The van der Waals surface area contributed by atoms with Crippen molar-refractivity contribution in [2.75, 3.05) is 6.61 Å². The van der Waals surface area contributed by atoms with E-state index in [2.05, 4.69) is 74.7 Å². The number of rotatable bonds is 41. The predicted molar refractivity (Wildman–Crippen MR) is 236 cm³/mol. The number of carbonyl (C=O) groups excluding carboxylic acids is 2. The molecule has 3 N–H and O–H groups in total. The van der Waals surface area contributed by atoms with Gasteiger partial charge in [0.1, 0.15) is 6.10 Å². The highest BCUT2D eigenvalue weighted by Gasteiger charge is 2.24. The quantitative estimate of drug-likeness (QED) is 0.0327. The van der Waals surface area contributed by atoms with E-state index < -0.39 is 18.2 Å². The van der Waals surface area contributed by atoms with Gasteiger partial charge in [-0.15, -0.1) is 0 Å². The van der Waals surface area contributed by atoms with Gasteiger partial charge in [0.25, 0.3) is 0 Å². The first-order valence-electron chi connectivity index (χ1n) is 23.4. The van der Waals surface area contributed by atoms with Gasteiger partial charge in [-0.05, 0) is 51.4 Å². The molecular formula is C49H89NO5. The Morgan fingerprint density at radius 1 is 0.527 bits per heavy atom. The van der Waals surface area contributed by atoms with Gasteiger partial charge < -0.3 is 20.3 Å². The average Bonchev–Trinajstić information content (AvgIpc) is 3.18. The summed E-state index contributed by atoms with van der Waals surface area (Å²) in [5.41, 5.74) is 0. The highest BCUT2D eigenvalue weighted by molar-refractivity contribution is 5.77. The molecular weight excluding hydrogens is 683 g/mol. The van der Waals surface area contributed by atoms with Crippen molar-refractivity contribution < 1.29 is 24.5 Å². The van der Waals surface area contributed by atoms with E-state index >= 15 is 0 Å². The van der Waals surface area contributed by atoms with Gasteiger partial charge in [0.15, 0.2) is 0 Å². The number of esters is 1. The Hall–Kier alpha value is -2.18. The van der Waals surface area contributed by atoms with Gasteiger partial charge in [0, 0.05) is 6.42 Å². The number of hydrogen-bond acceptors (Lipinski definition) is 5. The normalized spacial score (nSPS) is 13.8. The third-order valence-corrected chi connectivity index (χ3v) is 10.5. The zero-order chi connectivity index (χ0) is 40.3. The van der Waals surface area contributed by atoms with Gasteiger partial charge in [-0.2, -0.15) is 0 Å². The Kier molecular flexibility index (Phi) is 41.2. The second-order valence-corrected chi connectivity index (χ2v) is 15.9. The number of aliphatic hydroxyl groups is 2. The summed E-state index contributed by atoms with van der Waals surface area (Å²) in [7, 11) is 0. The van der Waals surface area contributed by atoms with E-state index in [4.69, 9.17) is 4.74 Å². The Morgan fingerprint density at radius 2 is 0.927 bits per heavy atom. The Morgan fingerprint density at radius 3 is 1.44 bits per heavy atom. The molecule has 1 amide bonds. The van der Waals surface area contributed by atoms with Crippen LogP contribution < -0.4 is 5.32 Å². The fraction of sp³-hybridized carbons (Fsp3) is 0.796. The standard InChI is InChI=1S/C49H89NO5/c1-4-7-10-13-16-19-20-21-22-23-24-25-26-27-30-33-36-39-42-49(54)55-45(40-37-34-31-28-17-14-11-8-5-2)43-48(53)50-46(44-51)47(52)41-38-35-32-29-18-15-12-9-6-3/h16,19-25,45-47,51-52H,4-15,17-18,26-44H2,1-3H3,(H,50,53)/b19-16+,21-20+,23-22+,25-24+. The first kappa shape index (κ1) is 52.8. The number of allylic oxidation sites excluding steroid dienone is 8. The number of ether oxygens (including phenoxy) is 1. The van der Waals surface area contributed by atoms with Gasteiger partial charge in [-0.25, -0.2) is 0 Å². The lowest BCUT2D eigenvalue weighted by atomic mass is 10.0. The maximum atomic E-state index is 13.1. The van der Waals surface area contributed by atoms with Crippen LogP contribution in [-0.2, 0) is 14.3 Å². The summed E-state index contributed by atoms with van der Waals surface area (Å²) >= 11 is 0. The zero-order valence-electron chi connectivity index (χ0n) is 36.3. The Balaban J connectivity index is 4.54. The van der Waals surface area contributed by atoms with Crippen LogP contribution in [0.4, 0.5) is 0 Å². The van der Waals surface area contributed by atoms with Crippen LogP contribution in [0.1, 0.15) is 226 Å². The summed E-state index contributed by atoms with van der Waals surface area (Å²) in [5.74, 6) is -0.501. The van der Waals surface area contributed by atoms with E-state index in [0.717, 1.165) is 83.5 Å². The number of aliphatic hydroxyl groups excluding tert-OH is 2. The second kappa shape index (κ2) is 43.0. The summed E-state index contributed by atoms with van der Waals surface area (Å²) in [4.78, 5) is 25.9. The van der Waals surface area contributed by atoms with Crippen LogP contribution in [0, 0.1) is 0 Å². The topological polar surface area (TPSA) is 95.9 Å². The van der Waals surface area contributed by atoms with Crippen LogP contribution in [0.3, 0.4) is 0 Å². The Bertz CT molecular complexity index is 957. The minimum atomic E-state index is -0.787. The molecule has 0 aliphatic carbocycles. The second-order valence-electron chi connectivity index (χ2n) is 15.9. The molecule has 320 valence electrons. The van der Waals surface area contributed by atoms with Crippen molar-refractivity contribution in [3.63, 3.8) is 0 Å². The molecule has 0 radical (unpaired) electrons. The van der Waals surface area contributed by atoms with Gasteiger partial charge in [-0.1, -0.05) is 211 Å². The van der Waals surface area contributed by atoms with Crippen LogP contribution in [0.15, 0.2) is 48.6 Å². The molecule has 0 saturated carbocycles. The molecule has 55 heavy (non-hydrogen) atoms. The average molecular weight is 772 g/mol. The summed E-state index contributed by atoms with van der Waals surface area (Å²) in [6.07, 6.45) is 50.3. The van der Waals surface area contributed by atoms with Crippen LogP contribution in [0.25, 0.3) is 0 Å². The lowest BCUT2D eigenvalue weighted by Crippen LogP contribution is -2.46. The highest BCUT2D eigenvalue weighted by Crippen LogP contribution is 2.17. The predicted octanol–water partition coefficient (Wildman–Crippen LogP) is 13.5. The number of unbranched alkanes of at least 4 members (excludes halogenated alkanes) is 24. The van der Waals surface area contributed by atoms with E-state index in [1.807, 2.05) is 0 Å². The molecule has 3 atom stereocenters. The molecule has 0 aliphatic heterocycles. The van der Waals surface area contributed by atoms with E-state index in [1.54, 1.807) is 0 Å². The summed E-state index contributed by atoms with van der Waals surface area (Å²) < 4.78 is 5.89. The third-order valence-electron chi connectivity index (χ3n) is 10.5. The van der Waals surface area contributed by atoms with E-state index in [1.165, 1.54) is 96.3 Å². The molecule has 0 spiro atoms. The lowest BCUT2D eigenvalue weighted by Gasteiger charge is -2.24. The molecule has 0 aromatic heterocycles. The first-order chi connectivity index (χ1) is 27.0. The fourth-order valence-electron chi connectivity index (χ4n) is 6.91. The van der Waals surface area contributed by atoms with Crippen LogP contribution in [0.2, 0.25) is 0 Å². The number of carbonyl (C=O) groups is 2. The minimum absolute atomic E-state index is 0.0686. The monoisotopic (exact) mass is 772 g/mol. The molecule has 6 nitrogen and oxygen atoms in total. The lowest BCUT2D eigenvalue weighted by molar-refractivity contribution is -0.151. The molecule has 0 saturated heterocycles. The van der Waals surface area contributed by atoms with Crippen molar-refractivity contribution >= 4 is 11.9 Å². The third kappa shape index (κ3) is 38.5. The van der Waals surface area contributed by atoms with E-state index in [0.29, 0.717) is 19.3 Å². The highest BCUT2D eigenvalue weighted by atomic mass is 16.5. The van der Waals surface area contributed by atoms with Crippen molar-refractivity contribution in [3.05, 3.63) is 48.6 Å². The van der Waals surface area contributed by atoms with Gasteiger partial charge in [0.05, 0.1) is 25.2 Å². The van der Waals surface area contributed by atoms with Gasteiger partial charge in [0.2, 0.25) is 5.91 Å². The van der Waals surface area contributed by atoms with Crippen LogP contribution in [-0.4, -0.2) is 46.9 Å². The molecule has 6 heteroatoms. The SMILES string of the molecule is CCCCC/C=C/C=C/C=C/C=C/CCCCCCCC(=O)OC(CCCCCCCCCCC)CC(=O)NC(CO)C(O)CCCCCCCCCCC. The Labute approximate surface area is 340 Å². The van der Waals surface area contributed by atoms with Crippen molar-refractivity contribution in [2.45, 2.75) is 244 Å². The maximum Gasteiger partial charge on any atom is 0.306 e. The van der Waals surface area contributed by atoms with E-state index in [9.17, 15) is 19.8 Å². The summed E-state index contributed by atoms with van der Waals surface area (Å²) in [6, 6.07) is -0.702. The fourth-order valence-corrected chi connectivity index (χ4v) is 6.91. The van der Waals surface area contributed by atoms with Crippen molar-refractivity contribution in [3.8, 4) is 0 Å². The van der Waals surface area contributed by atoms with Gasteiger partial charge in [-0.3, -0.25) is 9.59 Å². The van der Waals surface area contributed by atoms with Crippen molar-refractivity contribution in [1.82, 2.24) is 5.32 Å². The molecule has 0 bridgehead atoms. The molecule has 0 rings (SSSR count). The number of hydrogen-bond donors (Lipinski definition) is 3. The molecule has 0 fully saturated rings. The molecule has 0 aromatic carbocycles. The zero-order valence-corrected chi connectivity index (χ0v) is 36.3. The van der Waals surface area contributed by atoms with Crippen molar-refractivity contribution in [1.29, 1.82) is 0 Å². The van der Waals surface area contributed by atoms with Crippen molar-refractivity contribution in [2.24, 2.45) is 0 Å². The summed E-state index contributed by atoms with van der Waals surface area (Å²) in [6.45, 7) is 6.39. The van der Waals surface area contributed by atoms with Crippen LogP contribution >= 0.6 is 0 Å². The number of amides is 1. The van der Waals surface area contributed by atoms with E-state index in [-0.39, 0.29) is 24.9 Å². The minimum Gasteiger partial charge on any atom is -0.462 e. The summed E-state index contributed by atoms with van der Waals surface area (Å²) in [5, 5.41) is 23.6. The molecule has 3 unspecified atom stereocenters. The molecule has 0 aliphatic rings. The largest absolute Gasteiger partial charge is 0.462 e.